The quantitative estimate of drug-likeness (QED) is 0.213. The van der Waals surface area contributed by atoms with Crippen LogP contribution in [0.4, 0.5) is 5.95 Å². The van der Waals surface area contributed by atoms with Crippen LogP contribution in [0.25, 0.3) is 22.7 Å². The fraction of sp³-hybridized carbons (Fsp3) is 0.379. The van der Waals surface area contributed by atoms with Crippen molar-refractivity contribution in [2.75, 3.05) is 4.90 Å². The van der Waals surface area contributed by atoms with Crippen LogP contribution in [0.1, 0.15) is 66.1 Å². The number of fused-ring (bicyclic) bond motifs is 2. The van der Waals surface area contributed by atoms with Crippen molar-refractivity contribution in [2.24, 2.45) is 0 Å². The highest BCUT2D eigenvalue weighted by atomic mass is 35.5. The zero-order valence-electron chi connectivity index (χ0n) is 21.7. The number of hydrogen-bond acceptors (Lipinski definition) is 8. The van der Waals surface area contributed by atoms with E-state index >= 15 is 0 Å². The van der Waals surface area contributed by atoms with Crippen LogP contribution in [0.3, 0.4) is 0 Å². The Morgan fingerprint density at radius 1 is 0.976 bits per heavy atom. The fourth-order valence-electron chi connectivity index (χ4n) is 6.10. The van der Waals surface area contributed by atoms with Crippen molar-refractivity contribution in [3.05, 3.63) is 68.4 Å². The number of halogens is 3. The van der Waals surface area contributed by atoms with Crippen molar-refractivity contribution >= 4 is 46.7 Å². The summed E-state index contributed by atoms with van der Waals surface area (Å²) in [5.74, 6) is 0.952. The minimum atomic E-state index is -1.09. The van der Waals surface area contributed by atoms with Crippen molar-refractivity contribution in [3.63, 3.8) is 0 Å². The lowest BCUT2D eigenvalue weighted by Gasteiger charge is -2.37. The van der Waals surface area contributed by atoms with Gasteiger partial charge in [-0.15, -0.1) is 0 Å². The molecule has 1 aliphatic carbocycles. The molecule has 2 atom stereocenters. The van der Waals surface area contributed by atoms with Crippen LogP contribution in [-0.4, -0.2) is 44.6 Å². The number of aromatic nitrogens is 3. The van der Waals surface area contributed by atoms with Gasteiger partial charge in [0.25, 0.3) is 11.8 Å². The molecule has 41 heavy (non-hydrogen) atoms. The summed E-state index contributed by atoms with van der Waals surface area (Å²) in [6.07, 6.45) is 5.86. The molecule has 2 aliphatic heterocycles. The molecule has 3 fully saturated rings. The van der Waals surface area contributed by atoms with Crippen LogP contribution >= 0.6 is 34.8 Å². The molecule has 12 heteroatoms. The maximum atomic E-state index is 11.3. The van der Waals surface area contributed by atoms with E-state index in [1.54, 1.807) is 18.2 Å². The summed E-state index contributed by atoms with van der Waals surface area (Å²) in [5, 5.41) is 19.0. The molecule has 3 aliphatic rings. The van der Waals surface area contributed by atoms with Crippen LogP contribution < -0.4 is 4.90 Å². The van der Waals surface area contributed by atoms with Crippen molar-refractivity contribution < 1.29 is 23.7 Å². The largest absolute Gasteiger partial charge is 0.478 e. The van der Waals surface area contributed by atoms with E-state index in [1.165, 1.54) is 12.1 Å². The van der Waals surface area contributed by atoms with Gasteiger partial charge in [-0.25, -0.2) is 4.79 Å². The summed E-state index contributed by atoms with van der Waals surface area (Å²) in [6.45, 7) is 0.371. The van der Waals surface area contributed by atoms with Crippen LogP contribution in [0.5, 0.6) is 0 Å². The Morgan fingerprint density at radius 3 is 2.37 bits per heavy atom. The molecule has 0 spiro atoms. The molecule has 2 aromatic carbocycles. The van der Waals surface area contributed by atoms with Gasteiger partial charge < -0.3 is 23.8 Å². The number of nitrogens with zero attached hydrogens (tertiary/aromatic N) is 4. The zero-order valence-corrected chi connectivity index (χ0v) is 24.0. The van der Waals surface area contributed by atoms with Gasteiger partial charge in [-0.05, 0) is 74.0 Å². The number of rotatable bonds is 8. The third-order valence-electron chi connectivity index (χ3n) is 8.21. The normalized spacial score (nSPS) is 21.9. The van der Waals surface area contributed by atoms with E-state index in [0.29, 0.717) is 51.2 Å². The number of ether oxygens (including phenoxy) is 1. The second-order valence-corrected chi connectivity index (χ2v) is 12.1. The Hall–Kier alpha value is -3.11. The minimum Gasteiger partial charge on any atom is -0.478 e. The molecule has 2 unspecified atom stereocenters. The smallest absolute Gasteiger partial charge is 0.337 e. The Labute approximate surface area is 250 Å². The van der Waals surface area contributed by atoms with Gasteiger partial charge in [0.05, 0.1) is 33.3 Å². The Bertz CT molecular complexity index is 1600. The molecule has 0 radical (unpaired) electrons. The molecule has 1 N–H and O–H groups in total. The van der Waals surface area contributed by atoms with Crippen LogP contribution in [-0.2, 0) is 11.3 Å². The summed E-state index contributed by atoms with van der Waals surface area (Å²) in [5.41, 5.74) is 2.84. The maximum absolute atomic E-state index is 11.3. The van der Waals surface area contributed by atoms with Gasteiger partial charge in [-0.2, -0.15) is 4.98 Å². The first-order valence-corrected chi connectivity index (χ1v) is 14.7. The number of anilines is 1. The Kier molecular flexibility index (Phi) is 6.93. The van der Waals surface area contributed by atoms with E-state index in [-0.39, 0.29) is 28.8 Å². The van der Waals surface area contributed by atoms with E-state index < -0.39 is 5.97 Å². The number of aromatic carboxylic acids is 1. The average molecular weight is 616 g/mol. The number of piperidine rings is 1. The maximum Gasteiger partial charge on any atom is 0.337 e. The van der Waals surface area contributed by atoms with E-state index in [0.717, 1.165) is 49.8 Å². The van der Waals surface area contributed by atoms with E-state index in [9.17, 15) is 9.90 Å². The number of carboxylic acid groups (broad SMARTS) is 1. The first-order chi connectivity index (χ1) is 19.9. The molecule has 1 saturated carbocycles. The molecular formula is C29H25Cl3N4O5. The number of hydrogen-bond donors (Lipinski definition) is 1. The average Bonchev–Trinajstić information content (AvgIpc) is 3.41. The van der Waals surface area contributed by atoms with Crippen LogP contribution in [0.2, 0.25) is 15.1 Å². The van der Waals surface area contributed by atoms with Crippen LogP contribution in [0, 0.1) is 0 Å². The summed E-state index contributed by atoms with van der Waals surface area (Å²) in [6, 6.07) is 10.4. The SMILES string of the molecule is O=C(O)c1ccc(-c2nc(N3C4CCC3CC(OCc3c(-c5c(Cl)cccc5Cl)noc3C3CC3)C4)no2)cc1Cl. The second kappa shape index (κ2) is 10.6. The zero-order chi connectivity index (χ0) is 28.2. The Balaban J connectivity index is 1.07. The first kappa shape index (κ1) is 26.8. The second-order valence-electron chi connectivity index (χ2n) is 10.8. The van der Waals surface area contributed by atoms with Crippen molar-refractivity contribution in [2.45, 2.75) is 69.2 Å². The summed E-state index contributed by atoms with van der Waals surface area (Å²) >= 11 is 19.2. The lowest BCUT2D eigenvalue weighted by atomic mass is 9.99. The third-order valence-corrected chi connectivity index (χ3v) is 9.15. The van der Waals surface area contributed by atoms with Crippen molar-refractivity contribution in [1.82, 2.24) is 15.3 Å². The summed E-state index contributed by atoms with van der Waals surface area (Å²) < 4.78 is 17.9. The molecule has 9 nitrogen and oxygen atoms in total. The standard InChI is InChI=1S/C29H25Cl3N4O5/c30-21-2-1-3-22(31)24(21)25-20(26(40-34-25)14-4-5-14)13-39-18-11-16-7-8-17(12-18)36(16)29-33-27(41-35-29)15-6-9-19(28(37)38)23(32)10-15/h1-3,6,9-10,14,16-18H,4-5,7-8,11-13H2,(H,37,38). The monoisotopic (exact) mass is 614 g/mol. The van der Waals surface area contributed by atoms with Gasteiger partial charge in [0, 0.05) is 34.7 Å². The molecule has 2 aromatic heterocycles. The van der Waals surface area contributed by atoms with Gasteiger partial charge in [0.1, 0.15) is 11.5 Å². The minimum absolute atomic E-state index is 0.0211. The molecule has 4 heterocycles. The van der Waals surface area contributed by atoms with E-state index in [2.05, 4.69) is 20.2 Å². The molecule has 212 valence electrons. The van der Waals surface area contributed by atoms with Crippen LogP contribution in [0.15, 0.2) is 45.4 Å². The first-order valence-electron chi connectivity index (χ1n) is 13.6. The summed E-state index contributed by atoms with van der Waals surface area (Å²) in [7, 11) is 0. The predicted molar refractivity (Wildman–Crippen MR) is 153 cm³/mol. The lowest BCUT2D eigenvalue weighted by molar-refractivity contribution is 0.0144. The van der Waals surface area contributed by atoms with Gasteiger partial charge in [-0.1, -0.05) is 46.0 Å². The topological polar surface area (TPSA) is 115 Å². The summed E-state index contributed by atoms with van der Waals surface area (Å²) in [4.78, 5) is 18.1. The molecule has 4 aromatic rings. The number of carboxylic acids is 1. The third kappa shape index (κ3) is 4.99. The Morgan fingerprint density at radius 2 is 1.71 bits per heavy atom. The molecule has 2 bridgehead atoms. The predicted octanol–water partition coefficient (Wildman–Crippen LogP) is 7.64. The van der Waals surface area contributed by atoms with Crippen molar-refractivity contribution in [1.29, 1.82) is 0 Å². The molecule has 7 rings (SSSR count). The fourth-order valence-corrected chi connectivity index (χ4v) is 6.94. The highest BCUT2D eigenvalue weighted by Gasteiger charge is 2.43. The lowest BCUT2D eigenvalue weighted by Crippen LogP contribution is -2.46. The van der Waals surface area contributed by atoms with Crippen molar-refractivity contribution in [3.8, 4) is 22.7 Å². The molecule has 2 saturated heterocycles. The highest BCUT2D eigenvalue weighted by Crippen LogP contribution is 2.47. The van der Waals surface area contributed by atoms with Gasteiger partial charge in [-0.3, -0.25) is 0 Å². The van der Waals surface area contributed by atoms with Gasteiger partial charge in [0.2, 0.25) is 0 Å². The number of carbonyl (C=O) groups is 1. The van der Waals surface area contributed by atoms with E-state index in [4.69, 9.17) is 48.6 Å². The van der Waals surface area contributed by atoms with Gasteiger partial charge >= 0.3 is 5.97 Å². The highest BCUT2D eigenvalue weighted by molar-refractivity contribution is 6.39. The van der Waals surface area contributed by atoms with Gasteiger partial charge in [0.15, 0.2) is 0 Å². The number of benzene rings is 2. The molecular weight excluding hydrogens is 591 g/mol. The van der Waals surface area contributed by atoms with E-state index in [1.807, 2.05) is 6.07 Å². The molecule has 0 amide bonds.